The zero-order chi connectivity index (χ0) is 21.7. The number of hydrogen-bond donors (Lipinski definition) is 0. The molecule has 5 rings (SSSR count). The first kappa shape index (κ1) is 19.4. The lowest BCUT2D eigenvalue weighted by molar-refractivity contribution is 0.0478. The molecule has 0 radical (unpaired) electrons. The van der Waals surface area contributed by atoms with Gasteiger partial charge in [0, 0.05) is 20.6 Å². The van der Waals surface area contributed by atoms with Gasteiger partial charge >= 0.3 is 5.69 Å². The van der Waals surface area contributed by atoms with Gasteiger partial charge in [-0.3, -0.25) is 13.9 Å². The molecule has 31 heavy (non-hydrogen) atoms. The van der Waals surface area contributed by atoms with E-state index in [1.165, 1.54) is 11.6 Å². The van der Waals surface area contributed by atoms with Crippen molar-refractivity contribution in [3.05, 3.63) is 86.7 Å². The van der Waals surface area contributed by atoms with Gasteiger partial charge in [-0.25, -0.2) is 4.79 Å². The summed E-state index contributed by atoms with van der Waals surface area (Å²) in [5, 5.41) is 0.537. The van der Waals surface area contributed by atoms with Crippen LogP contribution >= 0.6 is 0 Å². The molecule has 1 unspecified atom stereocenters. The highest BCUT2D eigenvalue weighted by molar-refractivity contribution is 5.96. The van der Waals surface area contributed by atoms with E-state index in [4.69, 9.17) is 9.47 Å². The molecule has 0 spiro atoms. The van der Waals surface area contributed by atoms with E-state index in [0.717, 1.165) is 28.3 Å². The van der Waals surface area contributed by atoms with Crippen LogP contribution in [0.25, 0.3) is 22.2 Å². The third-order valence-corrected chi connectivity index (χ3v) is 6.02. The molecule has 1 aliphatic rings. The third kappa shape index (κ3) is 2.84. The maximum atomic E-state index is 13.3. The zero-order valence-electron chi connectivity index (χ0n) is 17.7. The Labute approximate surface area is 178 Å². The molecule has 0 N–H and O–H groups in total. The minimum atomic E-state index is -0.405. The minimum absolute atomic E-state index is 0.299. The molecule has 0 saturated carbocycles. The molecule has 0 fully saturated rings. The topological polar surface area (TPSA) is 67.4 Å². The molecule has 0 aliphatic carbocycles. The number of rotatable bonds is 3. The fourth-order valence-electron chi connectivity index (χ4n) is 4.51. The molecule has 0 amide bonds. The van der Waals surface area contributed by atoms with Crippen molar-refractivity contribution >= 4 is 10.9 Å². The van der Waals surface area contributed by atoms with Crippen LogP contribution in [-0.4, -0.2) is 27.4 Å². The van der Waals surface area contributed by atoms with Gasteiger partial charge in [0.05, 0.1) is 36.0 Å². The lowest BCUT2D eigenvalue weighted by atomic mass is 10.0. The Balaban J connectivity index is 1.90. The van der Waals surface area contributed by atoms with Crippen molar-refractivity contribution < 1.29 is 9.47 Å². The monoisotopic (exact) mass is 417 g/mol. The van der Waals surface area contributed by atoms with Crippen molar-refractivity contribution in [1.82, 2.24) is 13.7 Å². The number of aromatic nitrogens is 3. The molecule has 2 aromatic carbocycles. The van der Waals surface area contributed by atoms with Crippen molar-refractivity contribution in [2.24, 2.45) is 14.1 Å². The lowest BCUT2D eigenvalue weighted by Gasteiger charge is -2.27. The molecule has 0 bridgehead atoms. The van der Waals surface area contributed by atoms with Gasteiger partial charge in [-0.1, -0.05) is 42.5 Å². The van der Waals surface area contributed by atoms with E-state index in [2.05, 4.69) is 4.57 Å². The van der Waals surface area contributed by atoms with Crippen LogP contribution in [-0.2, 0) is 25.4 Å². The van der Waals surface area contributed by atoms with Crippen molar-refractivity contribution in [2.45, 2.75) is 12.6 Å². The Kier molecular flexibility index (Phi) is 4.55. The van der Waals surface area contributed by atoms with Crippen LogP contribution in [0.1, 0.15) is 17.4 Å². The molecule has 7 nitrogen and oxygen atoms in total. The average molecular weight is 417 g/mol. The van der Waals surface area contributed by atoms with Crippen LogP contribution in [0.3, 0.4) is 0 Å². The van der Waals surface area contributed by atoms with Crippen LogP contribution in [0.5, 0.6) is 5.75 Å². The molecule has 7 heteroatoms. The molecule has 158 valence electrons. The summed E-state index contributed by atoms with van der Waals surface area (Å²) in [6, 6.07) is 17.5. The van der Waals surface area contributed by atoms with Crippen LogP contribution in [0.4, 0.5) is 0 Å². The summed E-state index contributed by atoms with van der Waals surface area (Å²) in [5.74, 6) is 0.756. The summed E-state index contributed by atoms with van der Waals surface area (Å²) in [7, 11) is 4.86. The van der Waals surface area contributed by atoms with E-state index in [9.17, 15) is 9.59 Å². The van der Waals surface area contributed by atoms with Gasteiger partial charge < -0.3 is 14.0 Å². The van der Waals surface area contributed by atoms with Crippen LogP contribution < -0.4 is 16.0 Å². The number of nitrogens with zero attached hydrogens (tertiary/aromatic N) is 3. The van der Waals surface area contributed by atoms with Gasteiger partial charge in [0.2, 0.25) is 0 Å². The van der Waals surface area contributed by atoms with E-state index in [-0.39, 0.29) is 11.2 Å². The Hall–Kier alpha value is -3.58. The highest BCUT2D eigenvalue weighted by Gasteiger charge is 2.32. The Bertz CT molecular complexity index is 1400. The fraction of sp³-hybridized carbons (Fsp3) is 0.250. The second-order valence-electron chi connectivity index (χ2n) is 7.70. The van der Waals surface area contributed by atoms with E-state index < -0.39 is 6.10 Å². The molecule has 2 aromatic heterocycles. The minimum Gasteiger partial charge on any atom is -0.497 e. The Morgan fingerprint density at radius 1 is 0.968 bits per heavy atom. The number of methoxy groups -OCH3 is 1. The quantitative estimate of drug-likeness (QED) is 0.514. The number of aryl methyl sites for hydroxylation is 1. The molecular formula is C24H23N3O4. The van der Waals surface area contributed by atoms with E-state index in [0.29, 0.717) is 24.1 Å². The fourth-order valence-corrected chi connectivity index (χ4v) is 4.51. The van der Waals surface area contributed by atoms with E-state index >= 15 is 0 Å². The first-order chi connectivity index (χ1) is 15.0. The van der Waals surface area contributed by atoms with E-state index in [1.54, 1.807) is 18.7 Å². The Morgan fingerprint density at radius 2 is 1.68 bits per heavy atom. The predicted octanol–water partition coefficient (Wildman–Crippen LogP) is 2.83. The van der Waals surface area contributed by atoms with E-state index in [1.807, 2.05) is 54.6 Å². The average Bonchev–Trinajstić information content (AvgIpc) is 3.17. The molecule has 3 heterocycles. The maximum absolute atomic E-state index is 13.3. The lowest BCUT2D eigenvalue weighted by Crippen LogP contribution is -2.37. The zero-order valence-corrected chi connectivity index (χ0v) is 17.7. The molecule has 1 atom stereocenters. The first-order valence-corrected chi connectivity index (χ1v) is 10.2. The van der Waals surface area contributed by atoms with Crippen molar-refractivity contribution in [3.63, 3.8) is 0 Å². The first-order valence-electron chi connectivity index (χ1n) is 10.2. The normalized spacial score (nSPS) is 15.8. The number of benzene rings is 2. The highest BCUT2D eigenvalue weighted by atomic mass is 16.5. The highest BCUT2D eigenvalue weighted by Crippen LogP contribution is 2.40. The van der Waals surface area contributed by atoms with Gasteiger partial charge in [-0.2, -0.15) is 0 Å². The van der Waals surface area contributed by atoms with Crippen LogP contribution in [0.2, 0.25) is 0 Å². The van der Waals surface area contributed by atoms with Gasteiger partial charge in [0.1, 0.15) is 11.9 Å². The largest absolute Gasteiger partial charge is 0.497 e. The van der Waals surface area contributed by atoms with Crippen LogP contribution in [0, 0.1) is 0 Å². The number of fused-ring (bicyclic) bond motifs is 3. The summed E-state index contributed by atoms with van der Waals surface area (Å²) in [5.41, 5.74) is 3.48. The van der Waals surface area contributed by atoms with Gasteiger partial charge in [0.25, 0.3) is 5.56 Å². The summed E-state index contributed by atoms with van der Waals surface area (Å²) in [6.45, 7) is 1.09. The van der Waals surface area contributed by atoms with Gasteiger partial charge in [-0.05, 0) is 23.3 Å². The molecule has 4 aromatic rings. The van der Waals surface area contributed by atoms with Crippen molar-refractivity contribution in [3.8, 4) is 17.0 Å². The summed E-state index contributed by atoms with van der Waals surface area (Å²) in [6.07, 6.45) is -0.405. The molecule has 0 saturated heterocycles. The summed E-state index contributed by atoms with van der Waals surface area (Å²) < 4.78 is 16.4. The second kappa shape index (κ2) is 7.28. The second-order valence-corrected chi connectivity index (χ2v) is 7.70. The Morgan fingerprint density at radius 3 is 2.35 bits per heavy atom. The van der Waals surface area contributed by atoms with Gasteiger partial charge in [-0.15, -0.1) is 0 Å². The number of hydrogen-bond acceptors (Lipinski definition) is 4. The maximum Gasteiger partial charge on any atom is 0.331 e. The summed E-state index contributed by atoms with van der Waals surface area (Å²) in [4.78, 5) is 26.1. The SMILES string of the molecule is COc1ccc(C2OCCn3c(-c4ccccc4)c4c(=O)n(C)c(=O)n(C)c4c32)cc1. The molecular weight excluding hydrogens is 394 g/mol. The third-order valence-electron chi connectivity index (χ3n) is 6.02. The van der Waals surface area contributed by atoms with Crippen molar-refractivity contribution in [2.75, 3.05) is 13.7 Å². The summed E-state index contributed by atoms with van der Waals surface area (Å²) >= 11 is 0. The smallest absolute Gasteiger partial charge is 0.331 e. The number of ether oxygens (including phenoxy) is 2. The van der Waals surface area contributed by atoms with Crippen molar-refractivity contribution in [1.29, 1.82) is 0 Å². The van der Waals surface area contributed by atoms with Crippen LogP contribution in [0.15, 0.2) is 64.2 Å². The predicted molar refractivity (Wildman–Crippen MR) is 119 cm³/mol. The molecule has 1 aliphatic heterocycles. The standard InChI is InChI=1S/C24H23N3O4/c1-25-20-18(23(28)26(2)24(25)29)19(15-7-5-4-6-8-15)27-13-14-31-22(21(20)27)16-9-11-17(30-3)12-10-16/h4-12,22H,13-14H2,1-3H3. The van der Waals surface area contributed by atoms with Gasteiger partial charge in [0.15, 0.2) is 0 Å².